The first-order valence-corrected chi connectivity index (χ1v) is 4.59. The fourth-order valence-electron chi connectivity index (χ4n) is 0.861. The number of nitrogens with zero attached hydrogens (tertiary/aromatic N) is 1. The number of hydrogen-bond acceptors (Lipinski definition) is 3. The third-order valence-electron chi connectivity index (χ3n) is 1.41. The van der Waals surface area contributed by atoms with E-state index in [0.29, 0.717) is 19.1 Å². The topological polar surface area (TPSA) is 71.7 Å². The van der Waals surface area contributed by atoms with Crippen molar-refractivity contribution in [2.45, 2.75) is 26.8 Å². The predicted octanol–water partition coefficient (Wildman–Crippen LogP) is -0.160. The van der Waals surface area contributed by atoms with Crippen molar-refractivity contribution in [1.82, 2.24) is 10.7 Å². The van der Waals surface area contributed by atoms with Gasteiger partial charge >= 0.3 is 0 Å². The summed E-state index contributed by atoms with van der Waals surface area (Å²) in [6.07, 6.45) is 0. The number of aliphatic imine (C=N–C) groups is 1. The van der Waals surface area contributed by atoms with Gasteiger partial charge in [-0.3, -0.25) is 10.4 Å². The van der Waals surface area contributed by atoms with Crippen molar-refractivity contribution in [2.24, 2.45) is 10.8 Å². The van der Waals surface area contributed by atoms with Crippen LogP contribution in [0, 0.1) is 0 Å². The van der Waals surface area contributed by atoms with Crippen LogP contribution in [0.3, 0.4) is 0 Å². The van der Waals surface area contributed by atoms with Gasteiger partial charge in [0.05, 0.1) is 6.61 Å². The van der Waals surface area contributed by atoms with Crippen molar-refractivity contribution in [2.75, 3.05) is 19.8 Å². The van der Waals surface area contributed by atoms with Crippen molar-refractivity contribution in [3.05, 3.63) is 0 Å². The Hall–Kier alpha value is -0.810. The van der Waals surface area contributed by atoms with E-state index in [1.807, 2.05) is 20.8 Å². The minimum atomic E-state index is 0.210. The molecule has 0 saturated heterocycles. The molecule has 78 valence electrons. The van der Waals surface area contributed by atoms with E-state index in [-0.39, 0.29) is 6.04 Å². The van der Waals surface area contributed by atoms with E-state index in [0.717, 1.165) is 6.61 Å². The zero-order valence-corrected chi connectivity index (χ0v) is 8.63. The molecule has 5 nitrogen and oxygen atoms in total. The summed E-state index contributed by atoms with van der Waals surface area (Å²) in [5, 5.41) is 3.09. The molecule has 0 rings (SSSR count). The lowest BCUT2D eigenvalue weighted by molar-refractivity contribution is 0.132. The van der Waals surface area contributed by atoms with Gasteiger partial charge < -0.3 is 10.1 Å². The molecule has 0 aromatic rings. The van der Waals surface area contributed by atoms with Gasteiger partial charge in [-0.05, 0) is 20.8 Å². The lowest BCUT2D eigenvalue weighted by Gasteiger charge is -2.15. The predicted molar refractivity (Wildman–Crippen MR) is 54.4 cm³/mol. The number of hydrogen-bond donors (Lipinski definition) is 3. The fourth-order valence-corrected chi connectivity index (χ4v) is 0.861. The van der Waals surface area contributed by atoms with Gasteiger partial charge in [-0.25, -0.2) is 5.84 Å². The molecule has 1 atom stereocenters. The molecule has 0 spiro atoms. The Morgan fingerprint density at radius 2 is 2.23 bits per heavy atom. The van der Waals surface area contributed by atoms with Gasteiger partial charge in [-0.1, -0.05) is 0 Å². The molecule has 13 heavy (non-hydrogen) atoms. The summed E-state index contributed by atoms with van der Waals surface area (Å²) >= 11 is 0. The van der Waals surface area contributed by atoms with E-state index in [9.17, 15) is 0 Å². The van der Waals surface area contributed by atoms with Crippen LogP contribution in [0.5, 0.6) is 0 Å². The molecule has 0 amide bonds. The number of hydrazine groups is 1. The maximum atomic E-state index is 5.25. The molecule has 0 aromatic carbocycles. The van der Waals surface area contributed by atoms with Crippen LogP contribution in [0.4, 0.5) is 0 Å². The highest BCUT2D eigenvalue weighted by molar-refractivity contribution is 5.79. The Morgan fingerprint density at radius 1 is 1.54 bits per heavy atom. The summed E-state index contributed by atoms with van der Waals surface area (Å²) in [5.74, 6) is 5.86. The number of ether oxygens (including phenoxy) is 1. The second-order valence-electron chi connectivity index (χ2n) is 2.67. The minimum absolute atomic E-state index is 0.210. The summed E-state index contributed by atoms with van der Waals surface area (Å²) in [5.41, 5.74) is 2.49. The fraction of sp³-hybridized carbons (Fsp3) is 0.875. The van der Waals surface area contributed by atoms with Crippen LogP contribution in [0.15, 0.2) is 4.99 Å². The van der Waals surface area contributed by atoms with Gasteiger partial charge in [-0.2, -0.15) is 0 Å². The molecular formula is C8H20N4O. The molecule has 0 aliphatic carbocycles. The molecule has 0 radical (unpaired) electrons. The molecule has 0 fully saturated rings. The number of nitrogens with two attached hydrogens (primary N) is 1. The number of guanidine groups is 1. The molecular weight excluding hydrogens is 168 g/mol. The third kappa shape index (κ3) is 6.36. The van der Waals surface area contributed by atoms with E-state index in [1.54, 1.807) is 0 Å². The Morgan fingerprint density at radius 3 is 2.69 bits per heavy atom. The standard InChI is InChI=1S/C8H20N4O/c1-4-10-8(12-9)11-7(3)6-13-5-2/h7H,4-6,9H2,1-3H3,(H2,10,11,12). The first-order chi connectivity index (χ1) is 6.24. The second-order valence-corrected chi connectivity index (χ2v) is 2.67. The highest BCUT2D eigenvalue weighted by Gasteiger charge is 2.02. The van der Waals surface area contributed by atoms with Gasteiger partial charge in [0.25, 0.3) is 0 Å². The summed E-state index contributed by atoms with van der Waals surface area (Å²) in [6.45, 7) is 8.01. The van der Waals surface area contributed by atoms with Gasteiger partial charge in [0.15, 0.2) is 0 Å². The van der Waals surface area contributed by atoms with Gasteiger partial charge in [0.1, 0.15) is 0 Å². The molecule has 0 saturated carbocycles. The largest absolute Gasteiger partial charge is 0.380 e. The van der Waals surface area contributed by atoms with Crippen LogP contribution in [-0.2, 0) is 4.74 Å². The van der Waals surface area contributed by atoms with Crippen LogP contribution in [0.2, 0.25) is 0 Å². The van der Waals surface area contributed by atoms with Crippen LogP contribution >= 0.6 is 0 Å². The maximum Gasteiger partial charge on any atom is 0.206 e. The summed E-state index contributed by atoms with van der Waals surface area (Å²) < 4.78 is 5.23. The molecule has 4 N–H and O–H groups in total. The average Bonchev–Trinajstić information content (AvgIpc) is 2.14. The van der Waals surface area contributed by atoms with Gasteiger partial charge in [0.2, 0.25) is 5.96 Å². The van der Waals surface area contributed by atoms with Crippen molar-refractivity contribution in [3.8, 4) is 0 Å². The Balaban J connectivity index is 3.73. The van der Waals surface area contributed by atoms with Crippen molar-refractivity contribution in [1.29, 1.82) is 0 Å². The number of rotatable bonds is 5. The monoisotopic (exact) mass is 188 g/mol. The molecule has 0 heterocycles. The Bertz CT molecular complexity index is 149. The second kappa shape index (κ2) is 7.82. The van der Waals surface area contributed by atoms with E-state index in [4.69, 9.17) is 10.6 Å². The van der Waals surface area contributed by atoms with Crippen molar-refractivity contribution in [3.63, 3.8) is 0 Å². The smallest absolute Gasteiger partial charge is 0.206 e. The zero-order valence-electron chi connectivity index (χ0n) is 8.63. The Labute approximate surface area is 79.7 Å². The van der Waals surface area contributed by atoms with E-state index < -0.39 is 0 Å². The highest BCUT2D eigenvalue weighted by atomic mass is 16.5. The summed E-state index contributed by atoms with van der Waals surface area (Å²) in [7, 11) is 0. The van der Waals surface area contributed by atoms with Gasteiger partial charge in [0, 0.05) is 19.2 Å². The average molecular weight is 188 g/mol. The molecule has 1 unspecified atom stereocenters. The summed E-state index contributed by atoms with van der Waals surface area (Å²) in [6, 6.07) is 0.210. The first-order valence-electron chi connectivity index (χ1n) is 4.59. The van der Waals surface area contributed by atoms with Crippen LogP contribution < -0.4 is 16.6 Å². The molecule has 0 aliphatic heterocycles. The van der Waals surface area contributed by atoms with E-state index >= 15 is 0 Å². The van der Waals surface area contributed by atoms with Crippen LogP contribution in [0.25, 0.3) is 0 Å². The maximum absolute atomic E-state index is 5.25. The highest BCUT2D eigenvalue weighted by Crippen LogP contribution is 1.84. The third-order valence-corrected chi connectivity index (χ3v) is 1.41. The lowest BCUT2D eigenvalue weighted by Crippen LogP contribution is -2.47. The molecule has 0 aliphatic rings. The molecule has 0 bridgehead atoms. The van der Waals surface area contributed by atoms with Crippen LogP contribution in [0.1, 0.15) is 20.8 Å². The Kier molecular flexibility index (Phi) is 7.33. The van der Waals surface area contributed by atoms with Crippen molar-refractivity contribution < 1.29 is 4.74 Å². The number of nitrogens with one attached hydrogen (secondary N) is 2. The van der Waals surface area contributed by atoms with Gasteiger partial charge in [-0.15, -0.1) is 0 Å². The lowest BCUT2D eigenvalue weighted by atomic mass is 10.4. The zero-order chi connectivity index (χ0) is 10.1. The van der Waals surface area contributed by atoms with E-state index in [1.165, 1.54) is 0 Å². The first kappa shape index (κ1) is 12.2. The molecule has 5 heteroatoms. The normalized spacial score (nSPS) is 14.0. The SMILES string of the molecule is CCN=C(NN)NC(C)COCC. The minimum Gasteiger partial charge on any atom is -0.380 e. The summed E-state index contributed by atoms with van der Waals surface area (Å²) in [4.78, 5) is 4.10. The van der Waals surface area contributed by atoms with Crippen molar-refractivity contribution >= 4 is 5.96 Å². The van der Waals surface area contributed by atoms with Crippen LogP contribution in [-0.4, -0.2) is 31.8 Å². The quantitative estimate of drug-likeness (QED) is 0.243. The van der Waals surface area contributed by atoms with E-state index in [2.05, 4.69) is 15.7 Å². The molecule has 0 aromatic heterocycles.